The number of hydrogen-bond acceptors (Lipinski definition) is 4. The summed E-state index contributed by atoms with van der Waals surface area (Å²) in [5.74, 6) is 0.494. The number of halogens is 1. The van der Waals surface area contributed by atoms with Gasteiger partial charge in [0.05, 0.1) is 17.2 Å². The number of fused-ring (bicyclic) bond motifs is 1. The van der Waals surface area contributed by atoms with E-state index in [2.05, 4.69) is 15.6 Å². The molecule has 24 heavy (non-hydrogen) atoms. The second kappa shape index (κ2) is 8.80. The molecule has 1 aromatic heterocycles. The number of aryl methyl sites for hydroxylation is 1. The quantitative estimate of drug-likeness (QED) is 0.852. The minimum atomic E-state index is -0.0973. The Bertz CT molecular complexity index is 741. The topological polar surface area (TPSA) is 76.0 Å². The normalized spacial score (nSPS) is 17.2. The van der Waals surface area contributed by atoms with Crippen molar-refractivity contribution < 1.29 is 4.79 Å². The van der Waals surface area contributed by atoms with E-state index in [0.717, 1.165) is 19.5 Å². The van der Waals surface area contributed by atoms with Crippen LogP contribution in [-0.2, 0) is 11.3 Å². The number of carbonyl (C=O) groups is 1. The van der Waals surface area contributed by atoms with Gasteiger partial charge in [0.1, 0.15) is 0 Å². The molecule has 0 radical (unpaired) electrons. The first kappa shape index (κ1) is 18.4. The molecule has 2 heterocycles. The Labute approximate surface area is 147 Å². The summed E-state index contributed by atoms with van der Waals surface area (Å²) in [6.07, 6.45) is 4.13. The molecule has 1 fully saturated rings. The van der Waals surface area contributed by atoms with E-state index >= 15 is 0 Å². The van der Waals surface area contributed by atoms with Gasteiger partial charge in [0.25, 0.3) is 5.56 Å². The lowest BCUT2D eigenvalue weighted by Crippen LogP contribution is -2.38. The summed E-state index contributed by atoms with van der Waals surface area (Å²) in [7, 11) is 0. The summed E-state index contributed by atoms with van der Waals surface area (Å²) in [5.41, 5.74) is 0.586. The van der Waals surface area contributed by atoms with Crippen molar-refractivity contribution in [1.82, 2.24) is 20.2 Å². The van der Waals surface area contributed by atoms with Crippen LogP contribution < -0.4 is 16.2 Å². The molecule has 1 amide bonds. The third-order valence-electron chi connectivity index (χ3n) is 4.30. The van der Waals surface area contributed by atoms with E-state index in [1.54, 1.807) is 6.07 Å². The molecule has 0 aliphatic carbocycles. The summed E-state index contributed by atoms with van der Waals surface area (Å²) in [6, 6.07) is 7.25. The van der Waals surface area contributed by atoms with Gasteiger partial charge in [-0.1, -0.05) is 12.1 Å². The third-order valence-corrected chi connectivity index (χ3v) is 4.30. The zero-order valence-corrected chi connectivity index (χ0v) is 14.3. The predicted octanol–water partition coefficient (Wildman–Crippen LogP) is 1.32. The van der Waals surface area contributed by atoms with E-state index in [1.165, 1.54) is 17.3 Å². The minimum Gasteiger partial charge on any atom is -0.356 e. The lowest BCUT2D eigenvalue weighted by Gasteiger charge is -2.22. The third kappa shape index (κ3) is 4.55. The average molecular weight is 351 g/mol. The molecule has 3 rings (SSSR count). The molecule has 1 aliphatic heterocycles. The van der Waals surface area contributed by atoms with Crippen molar-refractivity contribution in [1.29, 1.82) is 0 Å². The fourth-order valence-electron chi connectivity index (χ4n) is 2.93. The van der Waals surface area contributed by atoms with E-state index in [4.69, 9.17) is 0 Å². The van der Waals surface area contributed by atoms with Gasteiger partial charge in [-0.15, -0.1) is 12.4 Å². The Hall–Kier alpha value is -1.92. The van der Waals surface area contributed by atoms with E-state index < -0.39 is 0 Å². The van der Waals surface area contributed by atoms with Gasteiger partial charge < -0.3 is 10.6 Å². The van der Waals surface area contributed by atoms with Gasteiger partial charge >= 0.3 is 0 Å². The largest absolute Gasteiger partial charge is 0.356 e. The number of piperidine rings is 1. The molecule has 2 aromatic rings. The van der Waals surface area contributed by atoms with Gasteiger partial charge in [-0.2, -0.15) is 0 Å². The van der Waals surface area contributed by atoms with Crippen LogP contribution in [0.5, 0.6) is 0 Å². The Morgan fingerprint density at radius 3 is 3.00 bits per heavy atom. The summed E-state index contributed by atoms with van der Waals surface area (Å²) in [5, 5.41) is 6.89. The van der Waals surface area contributed by atoms with Crippen molar-refractivity contribution in [3.63, 3.8) is 0 Å². The maximum absolute atomic E-state index is 12.3. The van der Waals surface area contributed by atoms with Crippen LogP contribution in [0.1, 0.15) is 19.3 Å². The Kier molecular flexibility index (Phi) is 6.75. The van der Waals surface area contributed by atoms with E-state index in [1.807, 2.05) is 18.2 Å². The average Bonchev–Trinajstić information content (AvgIpc) is 2.60. The number of nitrogens with one attached hydrogen (secondary N) is 2. The molecule has 7 heteroatoms. The van der Waals surface area contributed by atoms with E-state index in [-0.39, 0.29) is 23.9 Å². The molecule has 0 saturated carbocycles. The van der Waals surface area contributed by atoms with Gasteiger partial charge in [-0.05, 0) is 44.0 Å². The van der Waals surface area contributed by atoms with Crippen LogP contribution in [-0.4, -0.2) is 35.1 Å². The molecule has 1 atom stereocenters. The number of aromatic nitrogens is 2. The first-order valence-corrected chi connectivity index (χ1v) is 8.15. The summed E-state index contributed by atoms with van der Waals surface area (Å²) < 4.78 is 1.50. The van der Waals surface area contributed by atoms with Crippen LogP contribution >= 0.6 is 12.4 Å². The fraction of sp³-hybridized carbons (Fsp3) is 0.471. The number of carbonyl (C=O) groups excluding carboxylic acids is 1. The maximum Gasteiger partial charge on any atom is 0.261 e. The van der Waals surface area contributed by atoms with E-state index in [9.17, 15) is 9.59 Å². The van der Waals surface area contributed by atoms with Crippen molar-refractivity contribution >= 4 is 29.2 Å². The first-order chi connectivity index (χ1) is 11.2. The number of amides is 1. The van der Waals surface area contributed by atoms with Gasteiger partial charge in [0.15, 0.2) is 0 Å². The fourth-order valence-corrected chi connectivity index (χ4v) is 2.93. The number of nitrogens with zero attached hydrogens (tertiary/aromatic N) is 2. The molecule has 1 unspecified atom stereocenters. The maximum atomic E-state index is 12.3. The lowest BCUT2D eigenvalue weighted by molar-refractivity contribution is -0.121. The van der Waals surface area contributed by atoms with Crippen molar-refractivity contribution in [2.75, 3.05) is 19.6 Å². The molecule has 130 valence electrons. The number of benzene rings is 1. The Morgan fingerprint density at radius 2 is 2.21 bits per heavy atom. The van der Waals surface area contributed by atoms with Crippen LogP contribution in [0.4, 0.5) is 0 Å². The van der Waals surface area contributed by atoms with Crippen LogP contribution in [0.3, 0.4) is 0 Å². The van der Waals surface area contributed by atoms with E-state index in [0.29, 0.717) is 36.3 Å². The number of para-hydroxylation sites is 1. The highest BCUT2D eigenvalue weighted by Gasteiger charge is 2.14. The van der Waals surface area contributed by atoms with Crippen LogP contribution in [0, 0.1) is 5.92 Å². The second-order valence-corrected chi connectivity index (χ2v) is 6.03. The van der Waals surface area contributed by atoms with Crippen LogP contribution in [0.15, 0.2) is 35.4 Å². The molecular weight excluding hydrogens is 328 g/mol. The van der Waals surface area contributed by atoms with Crippen molar-refractivity contribution in [3.05, 3.63) is 40.9 Å². The number of hydrogen-bond donors (Lipinski definition) is 2. The second-order valence-electron chi connectivity index (χ2n) is 6.03. The van der Waals surface area contributed by atoms with Gasteiger partial charge in [0, 0.05) is 19.5 Å². The molecule has 0 bridgehead atoms. The van der Waals surface area contributed by atoms with Crippen molar-refractivity contribution in [3.8, 4) is 0 Å². The summed E-state index contributed by atoms with van der Waals surface area (Å²) in [6.45, 7) is 3.10. The Balaban J connectivity index is 0.00000208. The highest BCUT2D eigenvalue weighted by molar-refractivity contribution is 5.85. The standard InChI is InChI=1S/C17H22N4O2.ClH/c22-16(19-11-13-4-3-8-18-10-13)7-9-21-12-20-15-6-2-1-5-14(15)17(21)23;/h1-2,5-6,12-13,18H,3-4,7-11H2,(H,19,22);1H. The smallest absolute Gasteiger partial charge is 0.261 e. The Morgan fingerprint density at radius 1 is 1.38 bits per heavy atom. The molecule has 1 aromatic carbocycles. The predicted molar refractivity (Wildman–Crippen MR) is 96.5 cm³/mol. The minimum absolute atomic E-state index is 0. The SMILES string of the molecule is Cl.O=C(CCn1cnc2ccccc2c1=O)NCC1CCCNC1. The molecule has 0 spiro atoms. The van der Waals surface area contributed by atoms with Gasteiger partial charge in [0.2, 0.25) is 5.91 Å². The molecule has 1 saturated heterocycles. The highest BCUT2D eigenvalue weighted by atomic mass is 35.5. The summed E-state index contributed by atoms with van der Waals surface area (Å²) >= 11 is 0. The first-order valence-electron chi connectivity index (χ1n) is 8.15. The monoisotopic (exact) mass is 350 g/mol. The van der Waals surface area contributed by atoms with Crippen LogP contribution in [0.25, 0.3) is 10.9 Å². The highest BCUT2D eigenvalue weighted by Crippen LogP contribution is 2.08. The van der Waals surface area contributed by atoms with Crippen LogP contribution in [0.2, 0.25) is 0 Å². The summed E-state index contributed by atoms with van der Waals surface area (Å²) in [4.78, 5) is 28.6. The van der Waals surface area contributed by atoms with Crippen molar-refractivity contribution in [2.24, 2.45) is 5.92 Å². The zero-order chi connectivity index (χ0) is 16.1. The molecule has 1 aliphatic rings. The lowest BCUT2D eigenvalue weighted by atomic mass is 10.00. The molecule has 6 nitrogen and oxygen atoms in total. The van der Waals surface area contributed by atoms with Crippen molar-refractivity contribution in [2.45, 2.75) is 25.8 Å². The molecule has 2 N–H and O–H groups in total. The van der Waals surface area contributed by atoms with Gasteiger partial charge in [-0.25, -0.2) is 4.98 Å². The zero-order valence-electron chi connectivity index (χ0n) is 13.5. The number of rotatable bonds is 5. The molecular formula is C17H23ClN4O2. The van der Waals surface area contributed by atoms with Gasteiger partial charge in [-0.3, -0.25) is 14.2 Å².